The highest BCUT2D eigenvalue weighted by Gasteiger charge is 2.32. The molecule has 0 saturated heterocycles. The lowest BCUT2D eigenvalue weighted by atomic mass is 9.88. The van der Waals surface area contributed by atoms with E-state index >= 15 is 0 Å². The number of aromatic nitrogens is 1. The summed E-state index contributed by atoms with van der Waals surface area (Å²) in [6.45, 7) is 1.69. The van der Waals surface area contributed by atoms with Gasteiger partial charge in [0, 0.05) is 30.8 Å². The van der Waals surface area contributed by atoms with E-state index < -0.39 is 47.2 Å². The molecule has 1 aromatic heterocycles. The molecule has 1 heterocycles. The van der Waals surface area contributed by atoms with Crippen molar-refractivity contribution in [3.63, 3.8) is 0 Å². The molecule has 0 saturated carbocycles. The maximum atomic E-state index is 14.3. The van der Waals surface area contributed by atoms with Crippen LogP contribution in [0.3, 0.4) is 0 Å². The summed E-state index contributed by atoms with van der Waals surface area (Å²) in [7, 11) is 1.37. The van der Waals surface area contributed by atoms with E-state index in [4.69, 9.17) is 0 Å². The lowest BCUT2D eigenvalue weighted by Crippen LogP contribution is -2.37. The summed E-state index contributed by atoms with van der Waals surface area (Å²) < 4.78 is 80.4. The Hall–Kier alpha value is -3.40. The van der Waals surface area contributed by atoms with Gasteiger partial charge in [0.05, 0.1) is 0 Å². The van der Waals surface area contributed by atoms with E-state index in [-0.39, 0.29) is 18.5 Å². The highest BCUT2D eigenvalue weighted by Crippen LogP contribution is 2.32. The molecule has 35 heavy (non-hydrogen) atoms. The lowest BCUT2D eigenvalue weighted by Gasteiger charge is -2.22. The van der Waals surface area contributed by atoms with Crippen LogP contribution in [-0.4, -0.2) is 24.5 Å². The molecular formula is C25H23F6N3O. The summed E-state index contributed by atoms with van der Waals surface area (Å²) in [6, 6.07) is 8.29. The standard InChI is InChI=1S/C25H23F6N3O/c1-14-11-15(3-7-20(14)27)18(16-4-8-22(34-13-16)25(29,30)31)9-10-33-23(24(35)32-2)19-6-5-17(26)12-21(19)28/h3-8,11-13,18,23,33H,9-10H2,1-2H3,(H,32,35)/t18-,23-/m0/s1. The number of alkyl halides is 3. The van der Waals surface area contributed by atoms with E-state index in [0.29, 0.717) is 22.8 Å². The van der Waals surface area contributed by atoms with Crippen molar-refractivity contribution < 1.29 is 31.1 Å². The van der Waals surface area contributed by atoms with Crippen LogP contribution in [0.5, 0.6) is 0 Å². The molecule has 3 aromatic rings. The van der Waals surface area contributed by atoms with Crippen molar-refractivity contribution in [3.05, 3.63) is 100 Å². The first-order valence-electron chi connectivity index (χ1n) is 10.7. The Morgan fingerprint density at radius 2 is 1.69 bits per heavy atom. The molecule has 0 radical (unpaired) electrons. The van der Waals surface area contributed by atoms with Crippen LogP contribution < -0.4 is 10.6 Å². The van der Waals surface area contributed by atoms with Crippen molar-refractivity contribution in [2.24, 2.45) is 0 Å². The van der Waals surface area contributed by atoms with Gasteiger partial charge in [-0.2, -0.15) is 13.2 Å². The predicted molar refractivity (Wildman–Crippen MR) is 118 cm³/mol. The number of benzene rings is 2. The molecular weight excluding hydrogens is 472 g/mol. The minimum Gasteiger partial charge on any atom is -0.358 e. The van der Waals surface area contributed by atoms with Crippen LogP contribution in [0.25, 0.3) is 0 Å². The van der Waals surface area contributed by atoms with Crippen LogP contribution in [0.4, 0.5) is 26.3 Å². The fourth-order valence-electron chi connectivity index (χ4n) is 3.79. The van der Waals surface area contributed by atoms with Gasteiger partial charge in [-0.1, -0.05) is 24.3 Å². The molecule has 0 bridgehead atoms. The normalized spacial score (nSPS) is 13.4. The minimum absolute atomic E-state index is 0.0591. The molecule has 3 rings (SSSR count). The van der Waals surface area contributed by atoms with Gasteiger partial charge in [-0.25, -0.2) is 13.2 Å². The quantitative estimate of drug-likeness (QED) is 0.410. The van der Waals surface area contributed by atoms with E-state index in [1.165, 1.54) is 25.2 Å². The third-order valence-electron chi connectivity index (χ3n) is 5.63. The topological polar surface area (TPSA) is 54.0 Å². The molecule has 2 N–H and O–H groups in total. The van der Waals surface area contributed by atoms with Crippen LogP contribution in [0.1, 0.15) is 46.3 Å². The Kier molecular flexibility index (Phi) is 8.16. The number of hydrogen-bond acceptors (Lipinski definition) is 3. The number of hydrogen-bond donors (Lipinski definition) is 2. The summed E-state index contributed by atoms with van der Waals surface area (Å²) in [6.07, 6.45) is -3.22. The molecule has 0 spiro atoms. The molecule has 2 atom stereocenters. The monoisotopic (exact) mass is 495 g/mol. The highest BCUT2D eigenvalue weighted by atomic mass is 19.4. The first-order valence-corrected chi connectivity index (χ1v) is 10.7. The van der Waals surface area contributed by atoms with Crippen molar-refractivity contribution in [1.29, 1.82) is 0 Å². The zero-order chi connectivity index (χ0) is 25.8. The van der Waals surface area contributed by atoms with E-state index in [9.17, 15) is 31.1 Å². The molecule has 4 nitrogen and oxygen atoms in total. The number of aryl methyl sites for hydroxylation is 1. The number of pyridine rings is 1. The number of carbonyl (C=O) groups excluding carboxylic acids is 1. The average Bonchev–Trinajstić information content (AvgIpc) is 2.81. The maximum absolute atomic E-state index is 14.3. The molecule has 0 aliphatic rings. The number of likely N-dealkylation sites (N-methyl/N-ethyl adjacent to an activating group) is 1. The van der Waals surface area contributed by atoms with E-state index in [1.807, 2.05) is 0 Å². The SMILES string of the molecule is CNC(=O)[C@@H](NCC[C@H](c1ccc(C(F)(F)F)nc1)c1ccc(F)c(C)c1)c1ccc(F)cc1F. The smallest absolute Gasteiger partial charge is 0.358 e. The third-order valence-corrected chi connectivity index (χ3v) is 5.63. The average molecular weight is 495 g/mol. The largest absolute Gasteiger partial charge is 0.433 e. The second-order valence-electron chi connectivity index (χ2n) is 7.99. The van der Waals surface area contributed by atoms with Crippen molar-refractivity contribution in [2.75, 3.05) is 13.6 Å². The molecule has 2 aromatic carbocycles. The van der Waals surface area contributed by atoms with Gasteiger partial charge in [0.2, 0.25) is 5.91 Å². The number of amides is 1. The van der Waals surface area contributed by atoms with Gasteiger partial charge in [-0.15, -0.1) is 0 Å². The molecule has 10 heteroatoms. The van der Waals surface area contributed by atoms with Gasteiger partial charge in [0.1, 0.15) is 29.2 Å². The Bertz CT molecular complexity index is 1180. The molecule has 0 aliphatic carbocycles. The summed E-state index contributed by atoms with van der Waals surface area (Å²) >= 11 is 0. The number of halogens is 6. The van der Waals surface area contributed by atoms with Gasteiger partial charge < -0.3 is 10.6 Å². The molecule has 0 unspecified atom stereocenters. The first-order chi connectivity index (χ1) is 16.5. The van der Waals surface area contributed by atoms with Crippen molar-refractivity contribution in [3.8, 4) is 0 Å². The second-order valence-corrected chi connectivity index (χ2v) is 7.99. The van der Waals surface area contributed by atoms with E-state index in [2.05, 4.69) is 15.6 Å². The Morgan fingerprint density at radius 1 is 0.971 bits per heavy atom. The maximum Gasteiger partial charge on any atom is 0.433 e. The Morgan fingerprint density at radius 3 is 2.26 bits per heavy atom. The first kappa shape index (κ1) is 26.2. The van der Waals surface area contributed by atoms with Crippen LogP contribution in [-0.2, 0) is 11.0 Å². The van der Waals surface area contributed by atoms with Crippen LogP contribution in [0.15, 0.2) is 54.7 Å². The van der Waals surface area contributed by atoms with E-state index in [0.717, 1.165) is 24.4 Å². The molecule has 1 amide bonds. The molecule has 186 valence electrons. The minimum atomic E-state index is -4.60. The Labute approximate surface area is 198 Å². The number of rotatable bonds is 8. The second kappa shape index (κ2) is 10.9. The van der Waals surface area contributed by atoms with Crippen molar-refractivity contribution in [2.45, 2.75) is 31.5 Å². The fraction of sp³-hybridized carbons (Fsp3) is 0.280. The predicted octanol–water partition coefficient (Wildman–Crippen LogP) is 5.43. The Balaban J connectivity index is 1.88. The molecule has 0 fully saturated rings. The third kappa shape index (κ3) is 6.39. The fourth-order valence-corrected chi connectivity index (χ4v) is 3.79. The van der Waals surface area contributed by atoms with Crippen LogP contribution >= 0.6 is 0 Å². The van der Waals surface area contributed by atoms with E-state index in [1.54, 1.807) is 13.0 Å². The van der Waals surface area contributed by atoms with Gasteiger partial charge in [0.25, 0.3) is 0 Å². The number of carbonyl (C=O) groups is 1. The van der Waals surface area contributed by atoms with Gasteiger partial charge in [-0.05, 0) is 54.8 Å². The van der Waals surface area contributed by atoms with Gasteiger partial charge in [0.15, 0.2) is 0 Å². The highest BCUT2D eigenvalue weighted by molar-refractivity contribution is 5.83. The van der Waals surface area contributed by atoms with Crippen LogP contribution in [0, 0.1) is 24.4 Å². The van der Waals surface area contributed by atoms with Gasteiger partial charge >= 0.3 is 6.18 Å². The number of nitrogens with zero attached hydrogens (tertiary/aromatic N) is 1. The zero-order valence-corrected chi connectivity index (χ0v) is 18.9. The zero-order valence-electron chi connectivity index (χ0n) is 18.9. The lowest BCUT2D eigenvalue weighted by molar-refractivity contribution is -0.141. The summed E-state index contributed by atoms with van der Waals surface area (Å²) in [4.78, 5) is 15.9. The summed E-state index contributed by atoms with van der Waals surface area (Å²) in [5.74, 6) is -3.17. The number of nitrogens with one attached hydrogen (secondary N) is 2. The van der Waals surface area contributed by atoms with Crippen molar-refractivity contribution >= 4 is 5.91 Å². The summed E-state index contributed by atoms with van der Waals surface area (Å²) in [5, 5.41) is 5.35. The van der Waals surface area contributed by atoms with Gasteiger partial charge in [-0.3, -0.25) is 9.78 Å². The summed E-state index contributed by atoms with van der Waals surface area (Å²) in [5.41, 5.74) is 0.347. The van der Waals surface area contributed by atoms with Crippen LogP contribution in [0.2, 0.25) is 0 Å². The molecule has 0 aliphatic heterocycles. The van der Waals surface area contributed by atoms with Crippen molar-refractivity contribution in [1.82, 2.24) is 15.6 Å².